The van der Waals surface area contributed by atoms with Crippen LogP contribution in [0.3, 0.4) is 0 Å². The van der Waals surface area contributed by atoms with Crippen molar-refractivity contribution >= 4 is 5.69 Å². The molecule has 0 fully saturated rings. The lowest BCUT2D eigenvalue weighted by Gasteiger charge is -2.04. The first-order valence-corrected chi connectivity index (χ1v) is 6.65. The SMILES string of the molecule is COc1cc(C)cc([N+](=O)[O-])c1O.COc1cc(C)ccc1O. The van der Waals surface area contributed by atoms with Gasteiger partial charge in [0.25, 0.3) is 0 Å². The highest BCUT2D eigenvalue weighted by Crippen LogP contribution is 2.36. The van der Waals surface area contributed by atoms with Gasteiger partial charge in [-0.05, 0) is 43.2 Å². The van der Waals surface area contributed by atoms with Crippen molar-refractivity contribution in [2.24, 2.45) is 0 Å². The standard InChI is InChI=1S/C8H9NO4.C8H10O2/c1-5-3-6(9(11)12)8(10)7(4-5)13-2;1-6-3-4-7(9)8(5-6)10-2/h3-4,10H,1-2H3;3-5,9H,1-2H3. The highest BCUT2D eigenvalue weighted by atomic mass is 16.6. The van der Waals surface area contributed by atoms with Gasteiger partial charge in [0.2, 0.25) is 5.75 Å². The number of aryl methyl sites for hydroxylation is 2. The van der Waals surface area contributed by atoms with E-state index in [-0.39, 0.29) is 17.2 Å². The van der Waals surface area contributed by atoms with E-state index in [1.807, 2.05) is 13.0 Å². The van der Waals surface area contributed by atoms with E-state index in [2.05, 4.69) is 0 Å². The Morgan fingerprint density at radius 1 is 0.957 bits per heavy atom. The van der Waals surface area contributed by atoms with Gasteiger partial charge in [-0.2, -0.15) is 0 Å². The fourth-order valence-corrected chi connectivity index (χ4v) is 1.81. The summed E-state index contributed by atoms with van der Waals surface area (Å²) in [5.74, 6) is 0.401. The minimum absolute atomic E-state index is 0.117. The van der Waals surface area contributed by atoms with Crippen LogP contribution < -0.4 is 9.47 Å². The van der Waals surface area contributed by atoms with Crippen LogP contribution in [0.1, 0.15) is 11.1 Å². The Balaban J connectivity index is 0.000000238. The fourth-order valence-electron chi connectivity index (χ4n) is 1.81. The van der Waals surface area contributed by atoms with Crippen LogP contribution in [0, 0.1) is 24.0 Å². The van der Waals surface area contributed by atoms with Crippen LogP contribution in [0.2, 0.25) is 0 Å². The summed E-state index contributed by atoms with van der Waals surface area (Å²) in [6.07, 6.45) is 0. The number of phenols is 2. The molecule has 0 atom stereocenters. The molecule has 0 radical (unpaired) electrons. The Hall–Kier alpha value is -2.96. The number of rotatable bonds is 3. The molecular formula is C16H19NO6. The van der Waals surface area contributed by atoms with Crippen LogP contribution in [0.25, 0.3) is 0 Å². The third-order valence-corrected chi connectivity index (χ3v) is 2.95. The topological polar surface area (TPSA) is 102 Å². The van der Waals surface area contributed by atoms with E-state index >= 15 is 0 Å². The summed E-state index contributed by atoms with van der Waals surface area (Å²) in [7, 11) is 2.88. The molecule has 2 rings (SSSR count). The minimum atomic E-state index is -0.648. The van der Waals surface area contributed by atoms with Gasteiger partial charge >= 0.3 is 5.69 Å². The van der Waals surface area contributed by atoms with Crippen LogP contribution in [0.4, 0.5) is 5.69 Å². The lowest BCUT2D eigenvalue weighted by atomic mass is 10.2. The number of methoxy groups -OCH3 is 2. The summed E-state index contributed by atoms with van der Waals surface area (Å²) in [5.41, 5.74) is 1.41. The molecule has 0 bridgehead atoms. The zero-order chi connectivity index (χ0) is 17.6. The molecule has 0 spiro atoms. The number of ether oxygens (including phenoxy) is 2. The maximum Gasteiger partial charge on any atom is 0.314 e. The van der Waals surface area contributed by atoms with Gasteiger partial charge in [-0.1, -0.05) is 6.07 Å². The number of nitro groups is 1. The van der Waals surface area contributed by atoms with Crippen LogP contribution in [-0.2, 0) is 0 Å². The van der Waals surface area contributed by atoms with E-state index < -0.39 is 10.7 Å². The first kappa shape index (κ1) is 18.1. The molecule has 0 saturated carbocycles. The smallest absolute Gasteiger partial charge is 0.314 e. The molecule has 0 aromatic heterocycles. The van der Waals surface area contributed by atoms with E-state index in [4.69, 9.17) is 14.6 Å². The van der Waals surface area contributed by atoms with E-state index in [1.54, 1.807) is 19.1 Å². The maximum atomic E-state index is 10.4. The van der Waals surface area contributed by atoms with Crippen molar-refractivity contribution in [3.63, 3.8) is 0 Å². The first-order chi connectivity index (χ1) is 10.8. The predicted molar refractivity (Wildman–Crippen MR) is 85.4 cm³/mol. The molecule has 0 unspecified atom stereocenters. The number of hydrogen-bond acceptors (Lipinski definition) is 6. The highest BCUT2D eigenvalue weighted by Gasteiger charge is 2.18. The molecule has 7 heteroatoms. The minimum Gasteiger partial charge on any atom is -0.504 e. The van der Waals surface area contributed by atoms with Gasteiger partial charge in [0.05, 0.1) is 19.1 Å². The van der Waals surface area contributed by atoms with Gasteiger partial charge in [0.15, 0.2) is 17.2 Å². The number of hydrogen-bond donors (Lipinski definition) is 2. The lowest BCUT2D eigenvalue weighted by Crippen LogP contribution is -1.92. The number of nitrogens with zero attached hydrogens (tertiary/aromatic N) is 1. The second-order valence-electron chi connectivity index (χ2n) is 4.77. The van der Waals surface area contributed by atoms with Gasteiger partial charge in [-0.3, -0.25) is 10.1 Å². The first-order valence-electron chi connectivity index (χ1n) is 6.65. The van der Waals surface area contributed by atoms with Crippen LogP contribution >= 0.6 is 0 Å². The van der Waals surface area contributed by atoms with Crippen molar-refractivity contribution in [1.82, 2.24) is 0 Å². The number of benzene rings is 2. The van der Waals surface area contributed by atoms with Gasteiger partial charge < -0.3 is 19.7 Å². The van der Waals surface area contributed by atoms with Crippen LogP contribution in [0.5, 0.6) is 23.0 Å². The molecule has 2 N–H and O–H groups in total. The number of aromatic hydroxyl groups is 2. The monoisotopic (exact) mass is 321 g/mol. The normalized spacial score (nSPS) is 9.57. The zero-order valence-corrected chi connectivity index (χ0v) is 13.4. The average Bonchev–Trinajstić information content (AvgIpc) is 2.51. The second-order valence-corrected chi connectivity index (χ2v) is 4.77. The second kappa shape index (κ2) is 7.88. The summed E-state index contributed by atoms with van der Waals surface area (Å²) < 4.78 is 9.64. The largest absolute Gasteiger partial charge is 0.504 e. The van der Waals surface area contributed by atoms with Crippen molar-refractivity contribution < 1.29 is 24.6 Å². The van der Waals surface area contributed by atoms with Crippen molar-refractivity contribution in [3.05, 3.63) is 51.6 Å². The van der Waals surface area contributed by atoms with Gasteiger partial charge in [0.1, 0.15) is 0 Å². The van der Waals surface area contributed by atoms with E-state index in [1.165, 1.54) is 26.4 Å². The molecule has 2 aromatic carbocycles. The van der Waals surface area contributed by atoms with Crippen molar-refractivity contribution in [1.29, 1.82) is 0 Å². The Morgan fingerprint density at radius 3 is 2.00 bits per heavy atom. The third-order valence-electron chi connectivity index (χ3n) is 2.95. The molecule has 0 aliphatic rings. The average molecular weight is 321 g/mol. The van der Waals surface area contributed by atoms with Crippen molar-refractivity contribution in [2.75, 3.05) is 14.2 Å². The maximum absolute atomic E-state index is 10.4. The molecule has 7 nitrogen and oxygen atoms in total. The quantitative estimate of drug-likeness (QED) is 0.664. The zero-order valence-electron chi connectivity index (χ0n) is 13.4. The highest BCUT2D eigenvalue weighted by molar-refractivity contribution is 5.56. The van der Waals surface area contributed by atoms with E-state index in [0.29, 0.717) is 11.3 Å². The van der Waals surface area contributed by atoms with Crippen molar-refractivity contribution in [2.45, 2.75) is 13.8 Å². The molecule has 0 heterocycles. The van der Waals surface area contributed by atoms with Gasteiger partial charge in [0, 0.05) is 6.07 Å². The molecule has 124 valence electrons. The Morgan fingerprint density at radius 2 is 1.52 bits per heavy atom. The summed E-state index contributed by atoms with van der Waals surface area (Å²) in [6, 6.07) is 8.06. The lowest BCUT2D eigenvalue weighted by molar-refractivity contribution is -0.386. The Labute approximate surface area is 133 Å². The van der Waals surface area contributed by atoms with Crippen LogP contribution in [0.15, 0.2) is 30.3 Å². The summed E-state index contributed by atoms with van der Waals surface area (Å²) >= 11 is 0. The molecule has 2 aromatic rings. The van der Waals surface area contributed by atoms with Gasteiger partial charge in [-0.15, -0.1) is 0 Å². The van der Waals surface area contributed by atoms with Crippen LogP contribution in [-0.4, -0.2) is 29.4 Å². The summed E-state index contributed by atoms with van der Waals surface area (Å²) in [4.78, 5) is 9.78. The van der Waals surface area contributed by atoms with Gasteiger partial charge in [-0.25, -0.2) is 0 Å². The van der Waals surface area contributed by atoms with Crippen molar-refractivity contribution in [3.8, 4) is 23.0 Å². The number of nitro benzene ring substituents is 1. The Kier molecular flexibility index (Phi) is 6.20. The molecular weight excluding hydrogens is 302 g/mol. The molecule has 0 saturated heterocycles. The summed E-state index contributed by atoms with van der Waals surface area (Å²) in [6.45, 7) is 3.64. The molecule has 23 heavy (non-hydrogen) atoms. The Bertz CT molecular complexity index is 699. The summed E-state index contributed by atoms with van der Waals surface area (Å²) in [5, 5.41) is 28.9. The van der Waals surface area contributed by atoms with E-state index in [0.717, 1.165) is 5.56 Å². The molecule has 0 amide bonds. The predicted octanol–water partition coefficient (Wildman–Crippen LogP) is 3.33. The third kappa shape index (κ3) is 4.77. The molecule has 0 aliphatic carbocycles. The fraction of sp³-hybridized carbons (Fsp3) is 0.250. The molecule has 0 aliphatic heterocycles. The van der Waals surface area contributed by atoms with E-state index in [9.17, 15) is 15.2 Å². The number of phenolic OH excluding ortho intramolecular Hbond substituents is 2.